The Kier molecular flexibility index (Phi) is 8.62. The van der Waals surface area contributed by atoms with Crippen molar-refractivity contribution in [1.29, 1.82) is 0 Å². The van der Waals surface area contributed by atoms with Gasteiger partial charge in [0.1, 0.15) is 0 Å². The van der Waals surface area contributed by atoms with Crippen LogP contribution in [0.2, 0.25) is 0 Å². The van der Waals surface area contributed by atoms with Crippen molar-refractivity contribution in [1.82, 2.24) is 21.4 Å². The first kappa shape index (κ1) is 14.2. The van der Waals surface area contributed by atoms with Gasteiger partial charge in [-0.05, 0) is 58.4 Å². The Balaban J connectivity index is 1.62. The Morgan fingerprint density at radius 3 is 2.06 bits per heavy atom. The number of hydrogen-bond donors (Lipinski definition) is 5. The fourth-order valence-electron chi connectivity index (χ4n) is 1.50. The van der Waals surface area contributed by atoms with Gasteiger partial charge in [0.2, 0.25) is 5.96 Å². The Morgan fingerprint density at radius 1 is 0.882 bits per heavy atom. The first-order chi connectivity index (χ1) is 8.43. The Labute approximate surface area is 104 Å². The predicted molar refractivity (Wildman–Crippen MR) is 71.8 cm³/mol. The summed E-state index contributed by atoms with van der Waals surface area (Å²) in [5.74, 6) is 0.925. The summed E-state index contributed by atoms with van der Waals surface area (Å²) in [6.45, 7) is 6.10. The third-order valence-corrected chi connectivity index (χ3v) is 2.56. The van der Waals surface area contributed by atoms with E-state index in [0.29, 0.717) is 0 Å². The molecule has 0 amide bonds. The number of nitrogens with two attached hydrogens (primary N) is 1. The van der Waals surface area contributed by atoms with E-state index in [0.717, 1.165) is 58.1 Å². The van der Waals surface area contributed by atoms with Gasteiger partial charge in [0, 0.05) is 6.54 Å². The van der Waals surface area contributed by atoms with Crippen LogP contribution in [0.1, 0.15) is 25.7 Å². The molecule has 0 fully saturated rings. The summed E-state index contributed by atoms with van der Waals surface area (Å²) < 4.78 is 0. The number of unbranched alkanes of at least 4 members (excludes halogenated alkanes) is 1. The Hall–Kier alpha value is -0.850. The van der Waals surface area contributed by atoms with Gasteiger partial charge in [0.15, 0.2) is 0 Å². The molecule has 1 heterocycles. The van der Waals surface area contributed by atoms with Gasteiger partial charge in [0.05, 0.1) is 0 Å². The predicted octanol–water partition coefficient (Wildman–Crippen LogP) is -0.851. The van der Waals surface area contributed by atoms with Crippen LogP contribution in [0.15, 0.2) is 5.10 Å². The van der Waals surface area contributed by atoms with Crippen LogP contribution in [-0.4, -0.2) is 45.2 Å². The standard InChI is InChI=1S/C11H26N6/c12-5-3-8-13-6-1-2-7-14-9-4-10-15-11-16-17-11/h13-14H,1-10,12H2,(H2,15,16,17). The van der Waals surface area contributed by atoms with Gasteiger partial charge in [-0.25, -0.2) is 5.43 Å². The van der Waals surface area contributed by atoms with Crippen LogP contribution in [0.3, 0.4) is 0 Å². The number of guanidine groups is 1. The minimum atomic E-state index is 0.782. The summed E-state index contributed by atoms with van der Waals surface area (Å²) in [6, 6.07) is 0. The van der Waals surface area contributed by atoms with Crippen LogP contribution >= 0.6 is 0 Å². The molecule has 0 bridgehead atoms. The van der Waals surface area contributed by atoms with Crippen LogP contribution < -0.4 is 27.1 Å². The SMILES string of the molecule is NCCCNCCCCNCCCNC1=NN1. The molecule has 6 N–H and O–H groups in total. The normalized spacial score (nSPS) is 13.1. The molecule has 0 aliphatic carbocycles. The third-order valence-electron chi connectivity index (χ3n) is 2.56. The minimum absolute atomic E-state index is 0.782. The summed E-state index contributed by atoms with van der Waals surface area (Å²) in [5, 5.41) is 13.8. The van der Waals surface area contributed by atoms with Crippen molar-refractivity contribution in [2.45, 2.75) is 25.7 Å². The molecule has 100 valence electrons. The zero-order chi connectivity index (χ0) is 12.2. The average Bonchev–Trinajstić information content (AvgIpc) is 3.15. The van der Waals surface area contributed by atoms with E-state index in [-0.39, 0.29) is 0 Å². The summed E-state index contributed by atoms with van der Waals surface area (Å²) in [5.41, 5.74) is 8.17. The number of hydrazone groups is 1. The second-order valence-corrected chi connectivity index (χ2v) is 4.20. The van der Waals surface area contributed by atoms with Gasteiger partial charge >= 0.3 is 0 Å². The van der Waals surface area contributed by atoms with E-state index >= 15 is 0 Å². The second-order valence-electron chi connectivity index (χ2n) is 4.20. The topological polar surface area (TPSA) is 96.4 Å². The largest absolute Gasteiger partial charge is 0.353 e. The van der Waals surface area contributed by atoms with E-state index in [1.165, 1.54) is 12.8 Å². The van der Waals surface area contributed by atoms with Crippen molar-refractivity contribution in [2.24, 2.45) is 10.8 Å². The van der Waals surface area contributed by atoms with Gasteiger partial charge in [-0.3, -0.25) is 0 Å². The van der Waals surface area contributed by atoms with Gasteiger partial charge in [-0.2, -0.15) is 0 Å². The zero-order valence-electron chi connectivity index (χ0n) is 10.6. The highest BCUT2D eigenvalue weighted by Crippen LogP contribution is 1.86. The summed E-state index contributed by atoms with van der Waals surface area (Å²) >= 11 is 0. The fraction of sp³-hybridized carbons (Fsp3) is 0.909. The molecule has 6 nitrogen and oxygen atoms in total. The molecule has 0 aromatic heterocycles. The van der Waals surface area contributed by atoms with E-state index in [1.807, 2.05) is 0 Å². The quantitative estimate of drug-likeness (QED) is 0.287. The lowest BCUT2D eigenvalue weighted by Gasteiger charge is -2.05. The smallest absolute Gasteiger partial charge is 0.234 e. The van der Waals surface area contributed by atoms with Gasteiger partial charge in [0.25, 0.3) is 0 Å². The lowest BCUT2D eigenvalue weighted by Crippen LogP contribution is -2.26. The van der Waals surface area contributed by atoms with Crippen molar-refractivity contribution in [3.63, 3.8) is 0 Å². The van der Waals surface area contributed by atoms with Gasteiger partial charge < -0.3 is 21.7 Å². The molecule has 1 rings (SSSR count). The zero-order valence-corrected chi connectivity index (χ0v) is 10.6. The monoisotopic (exact) mass is 242 g/mol. The molecule has 0 spiro atoms. The maximum atomic E-state index is 5.41. The van der Waals surface area contributed by atoms with Crippen LogP contribution in [0.4, 0.5) is 0 Å². The average molecular weight is 242 g/mol. The maximum Gasteiger partial charge on any atom is 0.234 e. The van der Waals surface area contributed by atoms with E-state index in [4.69, 9.17) is 5.73 Å². The summed E-state index contributed by atoms with van der Waals surface area (Å²) in [6.07, 6.45) is 4.68. The van der Waals surface area contributed by atoms with Crippen molar-refractivity contribution in [3.8, 4) is 0 Å². The number of rotatable bonds is 12. The van der Waals surface area contributed by atoms with E-state index < -0.39 is 0 Å². The molecule has 6 heteroatoms. The first-order valence-corrected chi connectivity index (χ1v) is 6.62. The molecule has 1 aliphatic rings. The van der Waals surface area contributed by atoms with Crippen molar-refractivity contribution in [2.75, 3.05) is 39.3 Å². The van der Waals surface area contributed by atoms with Crippen molar-refractivity contribution < 1.29 is 0 Å². The van der Waals surface area contributed by atoms with Crippen molar-refractivity contribution >= 4 is 5.96 Å². The fourth-order valence-corrected chi connectivity index (χ4v) is 1.50. The highest BCUT2D eigenvalue weighted by molar-refractivity contribution is 5.88. The molecule has 0 saturated carbocycles. The molecule has 17 heavy (non-hydrogen) atoms. The summed E-state index contributed by atoms with van der Waals surface area (Å²) in [4.78, 5) is 0. The molecule has 1 aliphatic heterocycles. The summed E-state index contributed by atoms with van der Waals surface area (Å²) in [7, 11) is 0. The molecule has 0 unspecified atom stereocenters. The Morgan fingerprint density at radius 2 is 1.47 bits per heavy atom. The maximum absolute atomic E-state index is 5.41. The number of nitrogens with zero attached hydrogens (tertiary/aromatic N) is 1. The van der Waals surface area contributed by atoms with Crippen LogP contribution in [0, 0.1) is 0 Å². The lowest BCUT2D eigenvalue weighted by molar-refractivity contribution is 0.567. The lowest BCUT2D eigenvalue weighted by atomic mass is 10.3. The molecule has 0 saturated heterocycles. The minimum Gasteiger partial charge on any atom is -0.353 e. The van der Waals surface area contributed by atoms with E-state index in [1.54, 1.807) is 0 Å². The number of nitrogens with one attached hydrogen (secondary N) is 4. The van der Waals surface area contributed by atoms with Crippen LogP contribution in [0.5, 0.6) is 0 Å². The molecule has 0 aromatic carbocycles. The number of hydrogen-bond acceptors (Lipinski definition) is 6. The molecule has 0 radical (unpaired) electrons. The van der Waals surface area contributed by atoms with Crippen LogP contribution in [-0.2, 0) is 0 Å². The highest BCUT2D eigenvalue weighted by atomic mass is 15.5. The molecule has 0 aromatic rings. The highest BCUT2D eigenvalue weighted by Gasteiger charge is 2.05. The third kappa shape index (κ3) is 10.0. The second kappa shape index (κ2) is 10.3. The van der Waals surface area contributed by atoms with E-state index in [9.17, 15) is 0 Å². The van der Waals surface area contributed by atoms with E-state index in [2.05, 4.69) is 26.5 Å². The van der Waals surface area contributed by atoms with Crippen LogP contribution in [0.25, 0.3) is 0 Å². The van der Waals surface area contributed by atoms with Gasteiger partial charge in [-0.1, -0.05) is 0 Å². The molecular formula is C11H26N6. The Bertz CT molecular complexity index is 206. The van der Waals surface area contributed by atoms with Gasteiger partial charge in [-0.15, -0.1) is 5.10 Å². The molecule has 0 atom stereocenters. The van der Waals surface area contributed by atoms with Crippen molar-refractivity contribution in [3.05, 3.63) is 0 Å². The molecular weight excluding hydrogens is 216 g/mol. The first-order valence-electron chi connectivity index (χ1n) is 6.62.